The van der Waals surface area contributed by atoms with Crippen LogP contribution >= 0.6 is 0 Å². The van der Waals surface area contributed by atoms with E-state index in [2.05, 4.69) is 125 Å². The second-order valence-electron chi connectivity index (χ2n) is 8.47. The summed E-state index contributed by atoms with van der Waals surface area (Å²) >= 11 is 0. The normalized spacial score (nSPS) is 9.72. The molecule has 1 nitrogen and oxygen atoms in total. The van der Waals surface area contributed by atoms with E-state index in [1.165, 1.54) is 60.9 Å². The minimum Gasteiger partial charge on any atom is -0.428 e. The molecule has 32 heavy (non-hydrogen) atoms. The summed E-state index contributed by atoms with van der Waals surface area (Å²) in [4.78, 5) is 2.16. The number of aryl methyl sites for hydroxylation is 2. The fourth-order valence-electron chi connectivity index (χ4n) is 3.25. The Morgan fingerprint density at radius 1 is 0.750 bits per heavy atom. The van der Waals surface area contributed by atoms with E-state index in [9.17, 15) is 0 Å². The number of unbranched alkanes of at least 4 members (excludes halogenated alkanes) is 2. The maximum Gasteiger partial charge on any atom is 3.00 e. The Balaban J connectivity index is 0.000000455. The molecule has 3 aromatic rings. The maximum absolute atomic E-state index is 2.39. The van der Waals surface area contributed by atoms with E-state index in [0.717, 1.165) is 0 Å². The van der Waals surface area contributed by atoms with Crippen molar-refractivity contribution in [1.29, 1.82) is 0 Å². The second-order valence-corrected chi connectivity index (χ2v) is 10.9. The third kappa shape index (κ3) is 13.8. The topological polar surface area (TPSA) is 3.24 Å². The molecule has 2 radical (unpaired) electrons. The van der Waals surface area contributed by atoms with Crippen LogP contribution in [0, 0.1) is 6.04 Å². The Hall–Kier alpha value is -1.48. The number of rotatable bonds is 9. The van der Waals surface area contributed by atoms with Gasteiger partial charge in [-0.25, -0.2) is 24.3 Å². The predicted molar refractivity (Wildman–Crippen MR) is 143 cm³/mol. The van der Waals surface area contributed by atoms with Crippen molar-refractivity contribution in [3.8, 4) is 0 Å². The van der Waals surface area contributed by atoms with Crippen LogP contribution in [-0.2, 0) is 34.6 Å². The molecule has 3 rings (SSSR count). The molecular formula is C29H43NSiTi. The molecule has 0 atom stereocenters. The molecule has 0 spiro atoms. The Morgan fingerprint density at radius 3 is 1.56 bits per heavy atom. The van der Waals surface area contributed by atoms with Gasteiger partial charge >= 0.3 is 21.7 Å². The van der Waals surface area contributed by atoms with E-state index in [1.54, 1.807) is 0 Å². The summed E-state index contributed by atoms with van der Waals surface area (Å²) < 4.78 is 0. The molecule has 0 N–H and O–H groups in total. The average Bonchev–Trinajstić information content (AvgIpc) is 3.46. The van der Waals surface area contributed by atoms with E-state index in [4.69, 9.17) is 0 Å². The largest absolute Gasteiger partial charge is 3.00 e. The van der Waals surface area contributed by atoms with Crippen LogP contribution in [0.4, 0.5) is 5.69 Å². The Labute approximate surface area is 215 Å². The number of nitrogens with zero attached hydrogens (tertiary/aromatic N) is 1. The Bertz CT molecular complexity index is 722. The van der Waals surface area contributed by atoms with Crippen molar-refractivity contribution in [2.24, 2.45) is 0 Å². The van der Waals surface area contributed by atoms with Crippen molar-refractivity contribution >= 4 is 14.5 Å². The van der Waals surface area contributed by atoms with Crippen LogP contribution in [0.1, 0.15) is 56.2 Å². The van der Waals surface area contributed by atoms with Crippen LogP contribution in [0.15, 0.2) is 72.8 Å². The van der Waals surface area contributed by atoms with Crippen molar-refractivity contribution in [2.75, 3.05) is 19.0 Å². The van der Waals surface area contributed by atoms with Gasteiger partial charge in [0.15, 0.2) is 0 Å². The zero-order valence-electron chi connectivity index (χ0n) is 21.2. The minimum atomic E-state index is -0.294. The van der Waals surface area contributed by atoms with Gasteiger partial charge in [-0.05, 0) is 22.9 Å². The molecule has 0 bridgehead atoms. The van der Waals surface area contributed by atoms with Crippen molar-refractivity contribution in [2.45, 2.75) is 65.5 Å². The first-order valence-electron chi connectivity index (χ1n) is 11.8. The van der Waals surface area contributed by atoms with Crippen LogP contribution < -0.4 is 4.90 Å². The SMILES string of the molecule is CCCC[c-]1cccc1.CCCC[c-]1cccc1.CN(C)c1ccccc1[CH-][Si](C)C.[Ti+3]. The van der Waals surface area contributed by atoms with Gasteiger partial charge in [-0.1, -0.05) is 83.3 Å². The molecule has 0 aliphatic heterocycles. The molecule has 0 amide bonds. The van der Waals surface area contributed by atoms with E-state index < -0.39 is 0 Å². The number of para-hydroxylation sites is 1. The van der Waals surface area contributed by atoms with Gasteiger partial charge in [-0.15, -0.1) is 6.07 Å². The summed E-state index contributed by atoms with van der Waals surface area (Å²) in [5.74, 6) is 0. The summed E-state index contributed by atoms with van der Waals surface area (Å²) in [6, 6.07) is 28.1. The zero-order chi connectivity index (χ0) is 22.9. The second kappa shape index (κ2) is 19.0. The first-order valence-corrected chi connectivity index (χ1v) is 14.4. The molecule has 0 aliphatic rings. The van der Waals surface area contributed by atoms with Gasteiger partial charge in [0.25, 0.3) is 0 Å². The molecule has 0 heterocycles. The van der Waals surface area contributed by atoms with E-state index in [-0.39, 0.29) is 30.5 Å². The van der Waals surface area contributed by atoms with Gasteiger partial charge in [-0.2, -0.15) is 53.1 Å². The standard InChI is InChI=1S/C11H17NSi.2C9H13.Ti/c1-12(2)11-8-6-5-7-10(11)9-13(3)4;2*1-2-3-6-9-7-4-5-8-9;/h5-9H,1-4H3;2*4-5,7-8H,2-3,6H2,1H3;/q3*-1;+3. The molecular weight excluding hydrogens is 438 g/mol. The Kier molecular flexibility index (Phi) is 18.2. The van der Waals surface area contributed by atoms with Crippen molar-refractivity contribution in [3.63, 3.8) is 0 Å². The molecule has 3 heteroatoms. The van der Waals surface area contributed by atoms with Crippen LogP contribution in [-0.4, -0.2) is 22.9 Å². The summed E-state index contributed by atoms with van der Waals surface area (Å²) in [5, 5.41) is 0. The minimum absolute atomic E-state index is 0. The fraction of sp³-hybridized carbons (Fsp3) is 0.414. The summed E-state index contributed by atoms with van der Waals surface area (Å²) in [6.45, 7) is 9.06. The van der Waals surface area contributed by atoms with Gasteiger partial charge in [0.05, 0.1) is 0 Å². The zero-order valence-corrected chi connectivity index (χ0v) is 23.8. The smallest absolute Gasteiger partial charge is 0.428 e. The predicted octanol–water partition coefficient (Wildman–Crippen LogP) is 8.09. The summed E-state index contributed by atoms with van der Waals surface area (Å²) in [5.41, 5.74) is 5.65. The molecule has 0 unspecified atom stereocenters. The van der Waals surface area contributed by atoms with Gasteiger partial charge in [0, 0.05) is 0 Å². The molecule has 0 fully saturated rings. The molecule has 0 saturated heterocycles. The average molecular weight is 482 g/mol. The molecule has 3 aromatic carbocycles. The van der Waals surface area contributed by atoms with Crippen LogP contribution in [0.25, 0.3) is 0 Å². The molecule has 0 aliphatic carbocycles. The van der Waals surface area contributed by atoms with Crippen molar-refractivity contribution in [1.82, 2.24) is 0 Å². The molecule has 172 valence electrons. The molecule has 0 saturated carbocycles. The Morgan fingerprint density at radius 2 is 1.19 bits per heavy atom. The number of hydrogen-bond acceptors (Lipinski definition) is 1. The quantitative estimate of drug-likeness (QED) is 0.220. The van der Waals surface area contributed by atoms with E-state index in [0.29, 0.717) is 0 Å². The van der Waals surface area contributed by atoms with Gasteiger partial charge in [0.1, 0.15) is 0 Å². The number of anilines is 1. The monoisotopic (exact) mass is 481 g/mol. The maximum atomic E-state index is 2.39. The summed E-state index contributed by atoms with van der Waals surface area (Å²) in [6.07, 6.45) is 7.75. The van der Waals surface area contributed by atoms with Gasteiger partial charge in [0.2, 0.25) is 0 Å². The third-order valence-corrected chi connectivity index (χ3v) is 5.85. The first-order chi connectivity index (χ1) is 15.0. The fourth-order valence-corrected chi connectivity index (χ4v) is 4.12. The third-order valence-electron chi connectivity index (χ3n) is 4.96. The van der Waals surface area contributed by atoms with Gasteiger partial charge < -0.3 is 4.90 Å². The van der Waals surface area contributed by atoms with Crippen LogP contribution in [0.3, 0.4) is 0 Å². The summed E-state index contributed by atoms with van der Waals surface area (Å²) in [7, 11) is 3.88. The van der Waals surface area contributed by atoms with Crippen molar-refractivity contribution < 1.29 is 21.7 Å². The van der Waals surface area contributed by atoms with Crippen molar-refractivity contribution in [3.05, 3.63) is 95.5 Å². The van der Waals surface area contributed by atoms with E-state index >= 15 is 0 Å². The van der Waals surface area contributed by atoms with Crippen LogP contribution in [0.5, 0.6) is 0 Å². The van der Waals surface area contributed by atoms with E-state index in [1.807, 2.05) is 0 Å². The molecule has 0 aromatic heterocycles. The first kappa shape index (κ1) is 30.5. The number of hydrogen-bond donors (Lipinski definition) is 0. The number of benzene rings is 1. The van der Waals surface area contributed by atoms with Gasteiger partial charge in [-0.3, -0.25) is 0 Å². The van der Waals surface area contributed by atoms with Crippen LogP contribution in [0.2, 0.25) is 13.1 Å².